The number of para-hydroxylation sites is 1. The number of benzene rings is 2. The number of hydrogen-bond donors (Lipinski definition) is 1. The lowest BCUT2D eigenvalue weighted by atomic mass is 9.94. The summed E-state index contributed by atoms with van der Waals surface area (Å²) < 4.78 is 10.6. The van der Waals surface area contributed by atoms with Crippen LogP contribution in [0.1, 0.15) is 49.7 Å². The number of rotatable bonds is 9. The Labute approximate surface area is 180 Å². The summed E-state index contributed by atoms with van der Waals surface area (Å²) in [5.41, 5.74) is 3.10. The van der Waals surface area contributed by atoms with Crippen molar-refractivity contribution in [2.45, 2.75) is 57.5 Å². The van der Waals surface area contributed by atoms with E-state index in [0.717, 1.165) is 29.3 Å². The Bertz CT molecular complexity index is 809. The summed E-state index contributed by atoms with van der Waals surface area (Å²) in [7, 11) is 5.46. The molecule has 30 heavy (non-hydrogen) atoms. The van der Waals surface area contributed by atoms with Gasteiger partial charge in [-0.2, -0.15) is 0 Å². The molecule has 1 N–H and O–H groups in total. The van der Waals surface area contributed by atoms with E-state index in [4.69, 9.17) is 9.47 Å². The molecule has 1 aliphatic rings. The van der Waals surface area contributed by atoms with Gasteiger partial charge in [-0.1, -0.05) is 37.5 Å². The van der Waals surface area contributed by atoms with Crippen molar-refractivity contribution in [1.82, 2.24) is 4.90 Å². The van der Waals surface area contributed by atoms with Gasteiger partial charge in [-0.25, -0.2) is 0 Å². The van der Waals surface area contributed by atoms with Gasteiger partial charge in [0.15, 0.2) is 0 Å². The molecule has 2 aromatic rings. The normalized spacial score (nSPS) is 14.5. The number of carbonyl (C=O) groups is 1. The van der Waals surface area contributed by atoms with Crippen molar-refractivity contribution in [2.24, 2.45) is 0 Å². The number of nitrogens with one attached hydrogen (secondary N) is 1. The second-order valence-electron chi connectivity index (χ2n) is 8.13. The fraction of sp³-hybridized carbons (Fsp3) is 0.480. The third-order valence-corrected chi connectivity index (χ3v) is 5.96. The molecule has 1 saturated carbocycles. The standard InChI is InChI=1S/C25H34N2O3/c1-27(21-10-5-4-6-11-21)18-20-9-7-8-12-24(20)26-25(28)14-13-19-15-22(29-2)17-23(16-19)30-3/h7-9,12,15-17,21H,4-6,10-11,13-14,18H2,1-3H3,(H,26,28). The number of methoxy groups -OCH3 is 2. The molecule has 1 aliphatic carbocycles. The van der Waals surface area contributed by atoms with Crippen LogP contribution in [0, 0.1) is 0 Å². The van der Waals surface area contributed by atoms with Crippen LogP contribution in [-0.4, -0.2) is 38.1 Å². The zero-order valence-electron chi connectivity index (χ0n) is 18.4. The number of anilines is 1. The first-order valence-electron chi connectivity index (χ1n) is 10.9. The van der Waals surface area contributed by atoms with Crippen LogP contribution < -0.4 is 14.8 Å². The van der Waals surface area contributed by atoms with Crippen molar-refractivity contribution < 1.29 is 14.3 Å². The lowest BCUT2D eigenvalue weighted by Gasteiger charge is -2.31. The molecule has 1 amide bonds. The second kappa shape index (κ2) is 11.0. The number of amides is 1. The van der Waals surface area contributed by atoms with E-state index in [0.29, 0.717) is 18.9 Å². The molecule has 3 rings (SSSR count). The number of aryl methyl sites for hydroxylation is 1. The number of nitrogens with zero attached hydrogens (tertiary/aromatic N) is 1. The first kappa shape index (κ1) is 22.2. The summed E-state index contributed by atoms with van der Waals surface area (Å²) in [5, 5.41) is 3.12. The van der Waals surface area contributed by atoms with Gasteiger partial charge >= 0.3 is 0 Å². The van der Waals surface area contributed by atoms with E-state index >= 15 is 0 Å². The summed E-state index contributed by atoms with van der Waals surface area (Å²) in [4.78, 5) is 15.1. The molecule has 0 heterocycles. The first-order chi connectivity index (χ1) is 14.6. The van der Waals surface area contributed by atoms with E-state index in [2.05, 4.69) is 23.3 Å². The second-order valence-corrected chi connectivity index (χ2v) is 8.13. The third-order valence-electron chi connectivity index (χ3n) is 5.96. The van der Waals surface area contributed by atoms with Crippen molar-refractivity contribution in [3.63, 3.8) is 0 Å². The highest BCUT2D eigenvalue weighted by molar-refractivity contribution is 5.91. The number of hydrogen-bond acceptors (Lipinski definition) is 4. The predicted octanol–water partition coefficient (Wildman–Crippen LogP) is 5.04. The van der Waals surface area contributed by atoms with Gasteiger partial charge in [-0.05, 0) is 55.6 Å². The maximum Gasteiger partial charge on any atom is 0.224 e. The molecule has 0 bridgehead atoms. The average Bonchev–Trinajstić information content (AvgIpc) is 2.79. The first-order valence-corrected chi connectivity index (χ1v) is 10.9. The third kappa shape index (κ3) is 6.23. The van der Waals surface area contributed by atoms with Crippen LogP contribution in [0.3, 0.4) is 0 Å². The van der Waals surface area contributed by atoms with Gasteiger partial charge in [0.05, 0.1) is 14.2 Å². The van der Waals surface area contributed by atoms with E-state index in [1.54, 1.807) is 14.2 Å². The molecule has 0 atom stereocenters. The van der Waals surface area contributed by atoms with Gasteiger partial charge in [0.1, 0.15) is 11.5 Å². The Kier molecular flexibility index (Phi) is 8.14. The molecule has 1 fully saturated rings. The van der Waals surface area contributed by atoms with E-state index in [1.165, 1.54) is 37.7 Å². The minimum absolute atomic E-state index is 0.0181. The summed E-state index contributed by atoms with van der Waals surface area (Å²) in [6.07, 6.45) is 7.58. The highest BCUT2D eigenvalue weighted by atomic mass is 16.5. The fourth-order valence-corrected chi connectivity index (χ4v) is 4.18. The van der Waals surface area contributed by atoms with Crippen LogP contribution >= 0.6 is 0 Å². The molecule has 0 aliphatic heterocycles. The SMILES string of the molecule is COc1cc(CCC(=O)Nc2ccccc2CN(C)C2CCCCC2)cc(OC)c1. The van der Waals surface area contributed by atoms with E-state index < -0.39 is 0 Å². The highest BCUT2D eigenvalue weighted by Crippen LogP contribution is 2.26. The van der Waals surface area contributed by atoms with Crippen molar-refractivity contribution in [3.05, 3.63) is 53.6 Å². The molecule has 0 unspecified atom stereocenters. The Morgan fingerprint density at radius 1 is 1.03 bits per heavy atom. The minimum atomic E-state index is 0.0181. The number of ether oxygens (including phenoxy) is 2. The van der Waals surface area contributed by atoms with Crippen LogP contribution in [0.2, 0.25) is 0 Å². The minimum Gasteiger partial charge on any atom is -0.497 e. The Hall–Kier alpha value is -2.53. The largest absolute Gasteiger partial charge is 0.497 e. The van der Waals surface area contributed by atoms with Crippen LogP contribution in [0.15, 0.2) is 42.5 Å². The van der Waals surface area contributed by atoms with Crippen molar-refractivity contribution in [2.75, 3.05) is 26.6 Å². The van der Waals surface area contributed by atoms with Crippen LogP contribution in [-0.2, 0) is 17.8 Å². The fourth-order valence-electron chi connectivity index (χ4n) is 4.18. The van der Waals surface area contributed by atoms with Gasteiger partial charge in [0.25, 0.3) is 0 Å². The zero-order chi connectivity index (χ0) is 21.3. The molecule has 5 heteroatoms. The molecule has 0 aromatic heterocycles. The summed E-state index contributed by atoms with van der Waals surface area (Å²) >= 11 is 0. The highest BCUT2D eigenvalue weighted by Gasteiger charge is 2.19. The van der Waals surface area contributed by atoms with Gasteiger partial charge < -0.3 is 14.8 Å². The zero-order valence-corrected chi connectivity index (χ0v) is 18.4. The Balaban J connectivity index is 1.59. The van der Waals surface area contributed by atoms with Gasteiger partial charge in [0.2, 0.25) is 5.91 Å². The molecule has 0 radical (unpaired) electrons. The molecular formula is C25H34N2O3. The van der Waals surface area contributed by atoms with Gasteiger partial charge in [-0.15, -0.1) is 0 Å². The average molecular weight is 411 g/mol. The van der Waals surface area contributed by atoms with E-state index in [9.17, 15) is 4.79 Å². The van der Waals surface area contributed by atoms with E-state index in [-0.39, 0.29) is 5.91 Å². The lowest BCUT2D eigenvalue weighted by Crippen LogP contribution is -2.33. The Morgan fingerprint density at radius 3 is 2.37 bits per heavy atom. The molecule has 5 nitrogen and oxygen atoms in total. The monoisotopic (exact) mass is 410 g/mol. The maximum atomic E-state index is 12.6. The summed E-state index contributed by atoms with van der Waals surface area (Å²) in [6, 6.07) is 14.5. The molecule has 162 valence electrons. The van der Waals surface area contributed by atoms with Crippen LogP contribution in [0.25, 0.3) is 0 Å². The smallest absolute Gasteiger partial charge is 0.224 e. The van der Waals surface area contributed by atoms with Crippen LogP contribution in [0.5, 0.6) is 11.5 Å². The maximum absolute atomic E-state index is 12.6. The van der Waals surface area contributed by atoms with E-state index in [1.807, 2.05) is 36.4 Å². The summed E-state index contributed by atoms with van der Waals surface area (Å²) in [6.45, 7) is 0.855. The van der Waals surface area contributed by atoms with Gasteiger partial charge in [-0.3, -0.25) is 9.69 Å². The molecule has 2 aromatic carbocycles. The predicted molar refractivity (Wildman–Crippen MR) is 121 cm³/mol. The topological polar surface area (TPSA) is 50.8 Å². The molecule has 0 saturated heterocycles. The van der Waals surface area contributed by atoms with Crippen molar-refractivity contribution >= 4 is 11.6 Å². The molecular weight excluding hydrogens is 376 g/mol. The number of carbonyl (C=O) groups excluding carboxylic acids is 1. The quantitative estimate of drug-likeness (QED) is 0.629. The van der Waals surface area contributed by atoms with Crippen molar-refractivity contribution in [1.29, 1.82) is 0 Å². The van der Waals surface area contributed by atoms with Gasteiger partial charge in [0, 0.05) is 30.8 Å². The summed E-state index contributed by atoms with van der Waals surface area (Å²) in [5.74, 6) is 1.49. The van der Waals surface area contributed by atoms with Crippen LogP contribution in [0.4, 0.5) is 5.69 Å². The Morgan fingerprint density at radius 2 is 1.70 bits per heavy atom. The molecule has 0 spiro atoms. The lowest BCUT2D eigenvalue weighted by molar-refractivity contribution is -0.116. The van der Waals surface area contributed by atoms with Crippen molar-refractivity contribution in [3.8, 4) is 11.5 Å².